The highest BCUT2D eigenvalue weighted by molar-refractivity contribution is 8.02. The van der Waals surface area contributed by atoms with Crippen molar-refractivity contribution in [2.45, 2.75) is 30.8 Å². The first-order valence-electron chi connectivity index (χ1n) is 4.32. The molecule has 1 heterocycles. The second-order valence-electron chi connectivity index (χ2n) is 3.49. The molecule has 1 saturated heterocycles. The molecule has 1 fully saturated rings. The minimum atomic E-state index is -0.572. The molecule has 4 heteroatoms. The lowest BCUT2D eigenvalue weighted by atomic mass is 10.0. The van der Waals surface area contributed by atoms with Crippen molar-refractivity contribution < 1.29 is 14.3 Å². The molecule has 2 atom stereocenters. The first-order chi connectivity index (χ1) is 6.06. The van der Waals surface area contributed by atoms with E-state index in [0.29, 0.717) is 12.3 Å². The number of esters is 1. The van der Waals surface area contributed by atoms with Crippen molar-refractivity contribution >= 4 is 23.5 Å². The molecule has 1 aliphatic heterocycles. The summed E-state index contributed by atoms with van der Waals surface area (Å²) < 4.78 is 4.55. The van der Waals surface area contributed by atoms with Gasteiger partial charge >= 0.3 is 5.97 Å². The smallest absolute Gasteiger partial charge is 0.326 e. The predicted octanol–water partition coefficient (Wildman–Crippen LogP) is 1.26. The van der Waals surface area contributed by atoms with Crippen molar-refractivity contribution in [1.82, 2.24) is 0 Å². The number of ketones is 1. The van der Waals surface area contributed by atoms with E-state index in [4.69, 9.17) is 0 Å². The van der Waals surface area contributed by atoms with Gasteiger partial charge in [-0.2, -0.15) is 0 Å². The number of Topliss-reactive ketones (excluding diaryl/α,β-unsaturated/α-hetero) is 1. The van der Waals surface area contributed by atoms with Gasteiger partial charge in [-0.3, -0.25) is 9.59 Å². The topological polar surface area (TPSA) is 43.4 Å². The number of ether oxygens (including phenoxy) is 1. The summed E-state index contributed by atoms with van der Waals surface area (Å²) >= 11 is 1.44. The molecule has 13 heavy (non-hydrogen) atoms. The van der Waals surface area contributed by atoms with Gasteiger partial charge in [0.25, 0.3) is 0 Å². The predicted molar refractivity (Wildman–Crippen MR) is 51.6 cm³/mol. The molecule has 0 aromatic rings. The van der Waals surface area contributed by atoms with E-state index in [9.17, 15) is 9.59 Å². The van der Waals surface area contributed by atoms with Crippen LogP contribution in [-0.4, -0.2) is 29.4 Å². The zero-order chi connectivity index (χ0) is 10.0. The third-order valence-corrected chi connectivity index (χ3v) is 3.95. The Bertz CT molecular complexity index is 225. The van der Waals surface area contributed by atoms with Gasteiger partial charge in [-0.1, -0.05) is 13.8 Å². The van der Waals surface area contributed by atoms with E-state index in [0.717, 1.165) is 0 Å². The van der Waals surface area contributed by atoms with Crippen molar-refractivity contribution in [3.63, 3.8) is 0 Å². The maximum atomic E-state index is 11.4. The van der Waals surface area contributed by atoms with Gasteiger partial charge in [0, 0.05) is 11.7 Å². The Morgan fingerprint density at radius 3 is 2.62 bits per heavy atom. The number of carbonyl (C=O) groups is 2. The number of rotatable bonds is 2. The number of hydrogen-bond acceptors (Lipinski definition) is 4. The Morgan fingerprint density at radius 2 is 2.23 bits per heavy atom. The molecule has 74 valence electrons. The molecular formula is C9H14O3S. The second-order valence-corrected chi connectivity index (χ2v) is 4.84. The summed E-state index contributed by atoms with van der Waals surface area (Å²) in [5.74, 6) is 0.0392. The summed E-state index contributed by atoms with van der Waals surface area (Å²) in [6.07, 6.45) is 0.502. The van der Waals surface area contributed by atoms with Crippen LogP contribution < -0.4 is 0 Å². The van der Waals surface area contributed by atoms with Gasteiger partial charge in [-0.25, -0.2) is 0 Å². The third kappa shape index (κ3) is 2.24. The lowest BCUT2D eigenvalue weighted by Crippen LogP contribution is -2.23. The van der Waals surface area contributed by atoms with Gasteiger partial charge in [-0.15, -0.1) is 11.8 Å². The zero-order valence-electron chi connectivity index (χ0n) is 8.07. The lowest BCUT2D eigenvalue weighted by molar-refractivity contribution is -0.142. The molecule has 0 aliphatic carbocycles. The molecular weight excluding hydrogens is 188 g/mol. The van der Waals surface area contributed by atoms with Gasteiger partial charge in [0.2, 0.25) is 0 Å². The first-order valence-corrected chi connectivity index (χ1v) is 5.26. The molecule has 3 nitrogen and oxygen atoms in total. The van der Waals surface area contributed by atoms with Gasteiger partial charge < -0.3 is 4.74 Å². The van der Waals surface area contributed by atoms with E-state index in [1.54, 1.807) is 0 Å². The van der Waals surface area contributed by atoms with Crippen LogP contribution in [0.2, 0.25) is 0 Å². The van der Waals surface area contributed by atoms with E-state index >= 15 is 0 Å². The van der Waals surface area contributed by atoms with Crippen LogP contribution in [0.4, 0.5) is 0 Å². The molecule has 0 N–H and O–H groups in total. The van der Waals surface area contributed by atoms with Crippen molar-refractivity contribution in [3.8, 4) is 0 Å². The molecule has 2 unspecified atom stereocenters. The Labute approximate surface area is 82.2 Å². The SMILES string of the molecule is COC(=O)C1SC(C(C)C)CC1=O. The molecule has 0 bridgehead atoms. The maximum Gasteiger partial charge on any atom is 0.326 e. The van der Waals surface area contributed by atoms with Crippen molar-refractivity contribution in [1.29, 1.82) is 0 Å². The summed E-state index contributed by atoms with van der Waals surface area (Å²) in [5, 5.41) is -0.297. The van der Waals surface area contributed by atoms with Gasteiger partial charge in [-0.05, 0) is 5.92 Å². The summed E-state index contributed by atoms with van der Waals surface area (Å²) in [4.78, 5) is 22.5. The van der Waals surface area contributed by atoms with Crippen LogP contribution >= 0.6 is 11.8 Å². The molecule has 0 amide bonds. The highest BCUT2D eigenvalue weighted by Gasteiger charge is 2.39. The largest absolute Gasteiger partial charge is 0.468 e. The molecule has 0 radical (unpaired) electrons. The van der Waals surface area contributed by atoms with Crippen LogP contribution in [-0.2, 0) is 14.3 Å². The fraction of sp³-hybridized carbons (Fsp3) is 0.778. The van der Waals surface area contributed by atoms with Crippen LogP contribution in [0.1, 0.15) is 20.3 Å². The second kappa shape index (κ2) is 4.13. The number of hydrogen-bond donors (Lipinski definition) is 0. The molecule has 1 rings (SSSR count). The van der Waals surface area contributed by atoms with E-state index in [1.165, 1.54) is 18.9 Å². The van der Waals surface area contributed by atoms with E-state index in [2.05, 4.69) is 18.6 Å². The van der Waals surface area contributed by atoms with Gasteiger partial charge in [0.15, 0.2) is 11.0 Å². The van der Waals surface area contributed by atoms with Gasteiger partial charge in [0.1, 0.15) is 0 Å². The molecule has 0 saturated carbocycles. The van der Waals surface area contributed by atoms with Crippen LogP contribution in [0.25, 0.3) is 0 Å². The van der Waals surface area contributed by atoms with Crippen LogP contribution in [0.3, 0.4) is 0 Å². The molecule has 0 aromatic heterocycles. The summed E-state index contributed by atoms with van der Waals surface area (Å²) in [6, 6.07) is 0. The average molecular weight is 202 g/mol. The highest BCUT2D eigenvalue weighted by atomic mass is 32.2. The Morgan fingerprint density at radius 1 is 1.62 bits per heavy atom. The third-order valence-electron chi connectivity index (χ3n) is 2.16. The number of methoxy groups -OCH3 is 1. The minimum absolute atomic E-state index is 0.00977. The summed E-state index contributed by atoms with van der Waals surface area (Å²) in [6.45, 7) is 4.12. The Kier molecular flexibility index (Phi) is 3.36. The van der Waals surface area contributed by atoms with Crippen LogP contribution in [0.15, 0.2) is 0 Å². The number of carbonyl (C=O) groups excluding carboxylic acids is 2. The summed E-state index contributed by atoms with van der Waals surface area (Å²) in [7, 11) is 1.32. The maximum absolute atomic E-state index is 11.4. The molecule has 0 spiro atoms. The van der Waals surface area contributed by atoms with Crippen molar-refractivity contribution in [3.05, 3.63) is 0 Å². The minimum Gasteiger partial charge on any atom is -0.468 e. The van der Waals surface area contributed by atoms with Gasteiger partial charge in [0.05, 0.1) is 7.11 Å². The fourth-order valence-electron chi connectivity index (χ4n) is 1.29. The average Bonchev–Trinajstić information content (AvgIpc) is 2.46. The first kappa shape index (κ1) is 10.6. The monoisotopic (exact) mass is 202 g/mol. The van der Waals surface area contributed by atoms with E-state index < -0.39 is 11.2 Å². The normalized spacial score (nSPS) is 28.2. The van der Waals surface area contributed by atoms with Crippen molar-refractivity contribution in [2.24, 2.45) is 5.92 Å². The fourth-order valence-corrected chi connectivity index (χ4v) is 2.67. The van der Waals surface area contributed by atoms with Crippen molar-refractivity contribution in [2.75, 3.05) is 7.11 Å². The van der Waals surface area contributed by atoms with Crippen LogP contribution in [0.5, 0.6) is 0 Å². The quantitative estimate of drug-likeness (QED) is 0.499. The molecule has 1 aliphatic rings. The van der Waals surface area contributed by atoms with E-state index in [-0.39, 0.29) is 11.0 Å². The zero-order valence-corrected chi connectivity index (χ0v) is 8.89. The standard InChI is InChI=1S/C9H14O3S/c1-5(2)7-4-6(10)8(13-7)9(11)12-3/h5,7-8H,4H2,1-3H3. The van der Waals surface area contributed by atoms with E-state index in [1.807, 2.05) is 0 Å². The number of thioether (sulfide) groups is 1. The lowest BCUT2D eigenvalue weighted by Gasteiger charge is -2.11. The Hall–Kier alpha value is -0.510. The highest BCUT2D eigenvalue weighted by Crippen LogP contribution is 2.35. The Balaban J connectivity index is 2.61. The summed E-state index contributed by atoms with van der Waals surface area (Å²) in [5.41, 5.74) is 0. The van der Waals surface area contributed by atoms with Crippen LogP contribution in [0, 0.1) is 5.92 Å². The molecule has 0 aromatic carbocycles.